The second-order valence-electron chi connectivity index (χ2n) is 5.72. The molecule has 0 saturated carbocycles. The van der Waals surface area contributed by atoms with Gasteiger partial charge in [0.25, 0.3) is 0 Å². The zero-order valence-corrected chi connectivity index (χ0v) is 14.7. The highest BCUT2D eigenvalue weighted by atomic mass is 35.5. The van der Waals surface area contributed by atoms with Gasteiger partial charge in [-0.05, 0) is 12.6 Å². The van der Waals surface area contributed by atoms with E-state index in [9.17, 15) is 4.79 Å². The van der Waals surface area contributed by atoms with E-state index < -0.39 is 0 Å². The smallest absolute Gasteiger partial charge is 0.244 e. The Labute approximate surface area is 148 Å². The Hall–Kier alpha value is -1.89. The molecule has 1 N–H and O–H groups in total. The summed E-state index contributed by atoms with van der Waals surface area (Å²) < 4.78 is 7.54. The summed E-state index contributed by atoms with van der Waals surface area (Å²) in [6.45, 7) is 1.73. The minimum Gasteiger partial charge on any atom is -0.370 e. The van der Waals surface area contributed by atoms with Gasteiger partial charge in [-0.15, -0.1) is 12.4 Å². The molecule has 0 aliphatic carbocycles. The van der Waals surface area contributed by atoms with Crippen LogP contribution in [0, 0.1) is 0 Å². The second-order valence-corrected chi connectivity index (χ2v) is 5.72. The third-order valence-electron chi connectivity index (χ3n) is 4.14. The number of carbonyl (C=O) groups excluding carboxylic acids is 1. The fraction of sp³-hybridized carbons (Fsp3) is 0.412. The van der Waals surface area contributed by atoms with E-state index in [1.165, 1.54) is 0 Å². The van der Waals surface area contributed by atoms with Crippen molar-refractivity contribution in [1.29, 1.82) is 0 Å². The van der Waals surface area contributed by atoms with Gasteiger partial charge in [-0.1, -0.05) is 30.3 Å². The van der Waals surface area contributed by atoms with Gasteiger partial charge in [-0.3, -0.25) is 9.48 Å². The molecule has 130 valence electrons. The van der Waals surface area contributed by atoms with Crippen molar-refractivity contribution in [2.45, 2.75) is 12.1 Å². The summed E-state index contributed by atoms with van der Waals surface area (Å²) in [5, 5.41) is 7.25. The van der Waals surface area contributed by atoms with Crippen LogP contribution in [0.4, 0.5) is 0 Å². The van der Waals surface area contributed by atoms with Crippen LogP contribution in [-0.4, -0.2) is 47.3 Å². The van der Waals surface area contributed by atoms with Crippen LogP contribution in [0.2, 0.25) is 0 Å². The number of aryl methyl sites for hydroxylation is 1. The van der Waals surface area contributed by atoms with Crippen molar-refractivity contribution in [2.75, 3.05) is 26.7 Å². The highest BCUT2D eigenvalue weighted by Gasteiger charge is 2.30. The number of hydrogen-bond acceptors (Lipinski definition) is 4. The maximum absolute atomic E-state index is 12.9. The summed E-state index contributed by atoms with van der Waals surface area (Å²) in [7, 11) is 3.64. The molecule has 1 fully saturated rings. The number of rotatable bonds is 4. The van der Waals surface area contributed by atoms with E-state index in [2.05, 4.69) is 10.4 Å². The Kier molecular flexibility index (Phi) is 6.36. The van der Waals surface area contributed by atoms with E-state index in [-0.39, 0.29) is 30.5 Å². The molecule has 7 heteroatoms. The molecule has 1 saturated heterocycles. The summed E-state index contributed by atoms with van der Waals surface area (Å²) in [5.41, 5.74) is 1.98. The number of hydrogen-bond donors (Lipinski definition) is 1. The number of morpholine rings is 1. The number of nitrogens with zero attached hydrogens (tertiary/aromatic N) is 3. The standard InChI is InChI=1S/C17H22N4O2.ClH/c1-18-16(14-10-19-20(2)11-14)17(22)21-8-9-23-15(12-21)13-6-4-3-5-7-13;/h3-7,10-11,15-16,18H,8-9,12H2,1-2H3;1H. The van der Waals surface area contributed by atoms with Crippen LogP contribution in [0.25, 0.3) is 0 Å². The first-order valence-electron chi connectivity index (χ1n) is 7.80. The Balaban J connectivity index is 0.00000208. The van der Waals surface area contributed by atoms with Crippen molar-refractivity contribution in [2.24, 2.45) is 7.05 Å². The third kappa shape index (κ3) is 3.95. The molecule has 2 unspecified atom stereocenters. The fourth-order valence-corrected chi connectivity index (χ4v) is 2.92. The number of likely N-dealkylation sites (N-methyl/N-ethyl adjacent to an activating group) is 1. The molecule has 2 heterocycles. The van der Waals surface area contributed by atoms with Crippen LogP contribution >= 0.6 is 12.4 Å². The number of benzene rings is 1. The molecule has 1 amide bonds. The van der Waals surface area contributed by atoms with Gasteiger partial charge in [0.1, 0.15) is 12.1 Å². The maximum atomic E-state index is 12.9. The van der Waals surface area contributed by atoms with E-state index in [1.807, 2.05) is 48.5 Å². The second kappa shape index (κ2) is 8.28. The molecule has 1 aromatic carbocycles. The van der Waals surface area contributed by atoms with Crippen molar-refractivity contribution < 1.29 is 9.53 Å². The average molecular weight is 351 g/mol. The average Bonchev–Trinajstić information content (AvgIpc) is 3.02. The maximum Gasteiger partial charge on any atom is 0.244 e. The van der Waals surface area contributed by atoms with Gasteiger partial charge in [0.15, 0.2) is 0 Å². The topological polar surface area (TPSA) is 59.4 Å². The highest BCUT2D eigenvalue weighted by Crippen LogP contribution is 2.24. The molecule has 24 heavy (non-hydrogen) atoms. The van der Waals surface area contributed by atoms with Crippen molar-refractivity contribution in [1.82, 2.24) is 20.0 Å². The number of amides is 1. The molecule has 1 aliphatic heterocycles. The third-order valence-corrected chi connectivity index (χ3v) is 4.14. The van der Waals surface area contributed by atoms with Gasteiger partial charge in [0.05, 0.1) is 19.3 Å². The number of ether oxygens (including phenoxy) is 1. The van der Waals surface area contributed by atoms with Gasteiger partial charge in [0.2, 0.25) is 5.91 Å². The lowest BCUT2D eigenvalue weighted by molar-refractivity contribution is -0.141. The molecule has 0 radical (unpaired) electrons. The summed E-state index contributed by atoms with van der Waals surface area (Å²) in [4.78, 5) is 14.8. The highest BCUT2D eigenvalue weighted by molar-refractivity contribution is 5.85. The van der Waals surface area contributed by atoms with Crippen molar-refractivity contribution in [3.05, 3.63) is 53.9 Å². The van der Waals surface area contributed by atoms with Crippen molar-refractivity contribution >= 4 is 18.3 Å². The first-order valence-corrected chi connectivity index (χ1v) is 7.80. The summed E-state index contributed by atoms with van der Waals surface area (Å²) in [6.07, 6.45) is 3.53. The predicted molar refractivity (Wildman–Crippen MR) is 94.0 cm³/mol. The Morgan fingerprint density at radius 3 is 2.75 bits per heavy atom. The van der Waals surface area contributed by atoms with Crippen molar-refractivity contribution in [3.63, 3.8) is 0 Å². The first kappa shape index (κ1) is 18.4. The molecule has 3 rings (SSSR count). The monoisotopic (exact) mass is 350 g/mol. The van der Waals surface area contributed by atoms with Gasteiger partial charge in [-0.25, -0.2) is 0 Å². The van der Waals surface area contributed by atoms with E-state index in [0.717, 1.165) is 11.1 Å². The molecular formula is C17H23ClN4O2. The molecule has 1 aromatic heterocycles. The number of nitrogens with one attached hydrogen (secondary N) is 1. The van der Waals surface area contributed by atoms with Gasteiger partial charge >= 0.3 is 0 Å². The largest absolute Gasteiger partial charge is 0.370 e. The quantitative estimate of drug-likeness (QED) is 0.911. The minimum absolute atomic E-state index is 0. The Bertz CT molecular complexity index is 662. The van der Waals surface area contributed by atoms with Gasteiger partial charge in [0, 0.05) is 25.4 Å². The molecule has 2 atom stereocenters. The summed E-state index contributed by atoms with van der Waals surface area (Å²) in [6, 6.07) is 9.66. The van der Waals surface area contributed by atoms with Gasteiger partial charge in [-0.2, -0.15) is 5.10 Å². The first-order chi connectivity index (χ1) is 11.2. The van der Waals surface area contributed by atoms with Crippen LogP contribution in [0.1, 0.15) is 23.3 Å². The molecule has 6 nitrogen and oxygen atoms in total. The lowest BCUT2D eigenvalue weighted by Crippen LogP contribution is -2.46. The zero-order valence-electron chi connectivity index (χ0n) is 13.9. The molecule has 2 aromatic rings. The number of aromatic nitrogens is 2. The molecular weight excluding hydrogens is 328 g/mol. The Morgan fingerprint density at radius 1 is 1.38 bits per heavy atom. The number of halogens is 1. The SMILES string of the molecule is CNC(C(=O)N1CCOC(c2ccccc2)C1)c1cnn(C)c1.Cl. The van der Waals surface area contributed by atoms with Crippen LogP contribution < -0.4 is 5.32 Å². The summed E-state index contributed by atoms with van der Waals surface area (Å²) >= 11 is 0. The van der Waals surface area contributed by atoms with Crippen LogP contribution in [0.15, 0.2) is 42.7 Å². The molecule has 1 aliphatic rings. The number of carbonyl (C=O) groups is 1. The van der Waals surface area contributed by atoms with Gasteiger partial charge < -0.3 is 15.0 Å². The van der Waals surface area contributed by atoms with E-state index >= 15 is 0 Å². The van der Waals surface area contributed by atoms with Crippen LogP contribution in [0.5, 0.6) is 0 Å². The fourth-order valence-electron chi connectivity index (χ4n) is 2.92. The van der Waals surface area contributed by atoms with Crippen LogP contribution in [-0.2, 0) is 16.6 Å². The van der Waals surface area contributed by atoms with E-state index in [1.54, 1.807) is 17.9 Å². The molecule has 0 bridgehead atoms. The Morgan fingerprint density at radius 2 is 2.12 bits per heavy atom. The van der Waals surface area contributed by atoms with E-state index in [4.69, 9.17) is 4.74 Å². The predicted octanol–water partition coefficient (Wildman–Crippen LogP) is 1.70. The normalized spacial score (nSPS) is 18.8. The zero-order chi connectivity index (χ0) is 16.2. The van der Waals surface area contributed by atoms with Crippen LogP contribution in [0.3, 0.4) is 0 Å². The lowest BCUT2D eigenvalue weighted by atomic mass is 10.1. The van der Waals surface area contributed by atoms with E-state index in [0.29, 0.717) is 19.7 Å². The molecule has 0 spiro atoms. The minimum atomic E-state index is -0.377. The lowest BCUT2D eigenvalue weighted by Gasteiger charge is -2.35. The summed E-state index contributed by atoms with van der Waals surface area (Å²) in [5.74, 6) is 0.0599. The van der Waals surface area contributed by atoms with Crippen molar-refractivity contribution in [3.8, 4) is 0 Å².